The Morgan fingerprint density at radius 3 is 2.79 bits per heavy atom. The van der Waals surface area contributed by atoms with E-state index in [-0.39, 0.29) is 11.6 Å². The molecule has 19 heavy (non-hydrogen) atoms. The SMILES string of the molecule is Cc1ccc(C(C)NCC2CCC3(CCCC3)O2)o1. The van der Waals surface area contributed by atoms with Crippen molar-refractivity contribution < 1.29 is 9.15 Å². The molecule has 0 bridgehead atoms. The predicted octanol–water partition coefficient (Wildman–Crippen LogP) is 3.73. The first-order valence-corrected chi connectivity index (χ1v) is 7.64. The fourth-order valence-corrected chi connectivity index (χ4v) is 3.52. The summed E-state index contributed by atoms with van der Waals surface area (Å²) in [6, 6.07) is 4.34. The molecule has 2 unspecified atom stereocenters. The van der Waals surface area contributed by atoms with Crippen molar-refractivity contribution in [1.29, 1.82) is 0 Å². The maximum Gasteiger partial charge on any atom is 0.120 e. The van der Waals surface area contributed by atoms with Crippen molar-refractivity contribution in [3.8, 4) is 0 Å². The molecule has 0 amide bonds. The van der Waals surface area contributed by atoms with E-state index in [1.807, 2.05) is 13.0 Å². The summed E-state index contributed by atoms with van der Waals surface area (Å²) in [5.41, 5.74) is 0.247. The van der Waals surface area contributed by atoms with Gasteiger partial charge in [-0.1, -0.05) is 12.8 Å². The zero-order valence-corrected chi connectivity index (χ0v) is 12.1. The molecule has 1 aromatic heterocycles. The van der Waals surface area contributed by atoms with Crippen LogP contribution in [0.25, 0.3) is 0 Å². The van der Waals surface area contributed by atoms with Crippen LogP contribution in [0.15, 0.2) is 16.5 Å². The summed E-state index contributed by atoms with van der Waals surface area (Å²) in [4.78, 5) is 0. The molecule has 2 aliphatic rings. The first-order chi connectivity index (χ1) is 9.17. The Hall–Kier alpha value is -0.800. The average molecular weight is 263 g/mol. The van der Waals surface area contributed by atoms with Gasteiger partial charge in [-0.2, -0.15) is 0 Å². The van der Waals surface area contributed by atoms with Crippen molar-refractivity contribution in [1.82, 2.24) is 5.32 Å². The van der Waals surface area contributed by atoms with Crippen LogP contribution < -0.4 is 5.32 Å². The second-order valence-corrected chi connectivity index (χ2v) is 6.25. The van der Waals surface area contributed by atoms with Crippen molar-refractivity contribution in [2.45, 2.75) is 70.1 Å². The molecule has 0 aromatic carbocycles. The molecule has 1 aromatic rings. The van der Waals surface area contributed by atoms with E-state index in [9.17, 15) is 0 Å². The summed E-state index contributed by atoms with van der Waals surface area (Å²) < 4.78 is 12.0. The molecule has 1 aliphatic carbocycles. The van der Waals surface area contributed by atoms with Crippen molar-refractivity contribution in [2.75, 3.05) is 6.54 Å². The third-order valence-corrected chi connectivity index (χ3v) is 4.69. The number of ether oxygens (including phenoxy) is 1. The Kier molecular flexibility index (Phi) is 3.68. The Morgan fingerprint density at radius 1 is 1.32 bits per heavy atom. The van der Waals surface area contributed by atoms with E-state index in [0.717, 1.165) is 18.1 Å². The number of hydrogen-bond donors (Lipinski definition) is 1. The molecule has 2 heterocycles. The van der Waals surface area contributed by atoms with Gasteiger partial charge < -0.3 is 14.5 Å². The highest BCUT2D eigenvalue weighted by molar-refractivity contribution is 5.09. The number of aryl methyl sites for hydroxylation is 1. The van der Waals surface area contributed by atoms with Crippen LogP contribution in [0.2, 0.25) is 0 Å². The fraction of sp³-hybridized carbons (Fsp3) is 0.750. The molecular weight excluding hydrogens is 238 g/mol. The van der Waals surface area contributed by atoms with E-state index in [1.165, 1.54) is 38.5 Å². The van der Waals surface area contributed by atoms with Crippen LogP contribution in [0.4, 0.5) is 0 Å². The van der Waals surface area contributed by atoms with Gasteiger partial charge in [0, 0.05) is 6.54 Å². The van der Waals surface area contributed by atoms with Crippen LogP contribution in [-0.4, -0.2) is 18.2 Å². The number of furan rings is 1. The van der Waals surface area contributed by atoms with Crippen LogP contribution in [0, 0.1) is 6.92 Å². The van der Waals surface area contributed by atoms with Gasteiger partial charge in [-0.3, -0.25) is 0 Å². The van der Waals surface area contributed by atoms with Gasteiger partial charge in [-0.25, -0.2) is 0 Å². The lowest BCUT2D eigenvalue weighted by molar-refractivity contribution is -0.0359. The molecule has 1 N–H and O–H groups in total. The van der Waals surface area contributed by atoms with Gasteiger partial charge in [0.15, 0.2) is 0 Å². The highest BCUT2D eigenvalue weighted by Crippen LogP contribution is 2.43. The first-order valence-electron chi connectivity index (χ1n) is 7.64. The van der Waals surface area contributed by atoms with E-state index in [0.29, 0.717) is 6.10 Å². The summed E-state index contributed by atoms with van der Waals surface area (Å²) in [5, 5.41) is 3.54. The third kappa shape index (κ3) is 2.87. The summed E-state index contributed by atoms with van der Waals surface area (Å²) in [5.74, 6) is 2.00. The third-order valence-electron chi connectivity index (χ3n) is 4.69. The summed E-state index contributed by atoms with van der Waals surface area (Å²) in [6.07, 6.45) is 8.10. The lowest BCUT2D eigenvalue weighted by atomic mass is 9.98. The van der Waals surface area contributed by atoms with Crippen LogP contribution in [-0.2, 0) is 4.74 Å². The van der Waals surface area contributed by atoms with Crippen LogP contribution in [0.1, 0.15) is 63.0 Å². The van der Waals surface area contributed by atoms with E-state index in [4.69, 9.17) is 9.15 Å². The minimum atomic E-state index is 0.247. The molecule has 3 heteroatoms. The van der Waals surface area contributed by atoms with E-state index < -0.39 is 0 Å². The maximum absolute atomic E-state index is 6.31. The quantitative estimate of drug-likeness (QED) is 0.898. The summed E-state index contributed by atoms with van der Waals surface area (Å²) >= 11 is 0. The highest BCUT2D eigenvalue weighted by Gasteiger charge is 2.41. The monoisotopic (exact) mass is 263 g/mol. The molecule has 2 fully saturated rings. The Bertz CT molecular complexity index is 420. The first kappa shape index (κ1) is 13.2. The fourth-order valence-electron chi connectivity index (χ4n) is 3.52. The largest absolute Gasteiger partial charge is 0.465 e. The average Bonchev–Trinajstić information content (AvgIpc) is 3.10. The van der Waals surface area contributed by atoms with Crippen LogP contribution in [0.5, 0.6) is 0 Å². The van der Waals surface area contributed by atoms with Gasteiger partial charge in [0.2, 0.25) is 0 Å². The molecule has 1 aliphatic heterocycles. The van der Waals surface area contributed by atoms with Crippen molar-refractivity contribution >= 4 is 0 Å². The molecule has 3 rings (SSSR count). The standard InChI is InChI=1S/C16H25NO2/c1-12-5-6-15(18-12)13(2)17-11-14-7-10-16(19-14)8-3-4-9-16/h5-6,13-14,17H,3-4,7-11H2,1-2H3. The van der Waals surface area contributed by atoms with Crippen LogP contribution >= 0.6 is 0 Å². The molecule has 3 nitrogen and oxygen atoms in total. The summed E-state index contributed by atoms with van der Waals surface area (Å²) in [6.45, 7) is 5.07. The molecule has 1 spiro atoms. The zero-order valence-electron chi connectivity index (χ0n) is 12.1. The topological polar surface area (TPSA) is 34.4 Å². The molecule has 1 saturated heterocycles. The Morgan fingerprint density at radius 2 is 2.11 bits per heavy atom. The van der Waals surface area contributed by atoms with E-state index >= 15 is 0 Å². The Labute approximate surface area is 115 Å². The summed E-state index contributed by atoms with van der Waals surface area (Å²) in [7, 11) is 0. The molecular formula is C16H25NO2. The highest BCUT2D eigenvalue weighted by atomic mass is 16.5. The zero-order chi connectivity index (χ0) is 13.3. The lowest BCUT2D eigenvalue weighted by Crippen LogP contribution is -2.32. The molecule has 1 saturated carbocycles. The maximum atomic E-state index is 6.31. The van der Waals surface area contributed by atoms with Crippen molar-refractivity contribution in [2.24, 2.45) is 0 Å². The minimum Gasteiger partial charge on any atom is -0.465 e. The van der Waals surface area contributed by atoms with Gasteiger partial charge >= 0.3 is 0 Å². The van der Waals surface area contributed by atoms with Gasteiger partial charge in [-0.15, -0.1) is 0 Å². The molecule has 106 valence electrons. The lowest BCUT2D eigenvalue weighted by Gasteiger charge is -2.24. The predicted molar refractivity (Wildman–Crippen MR) is 75.2 cm³/mol. The van der Waals surface area contributed by atoms with Gasteiger partial charge in [0.1, 0.15) is 11.5 Å². The minimum absolute atomic E-state index is 0.247. The van der Waals surface area contributed by atoms with Crippen LogP contribution in [0.3, 0.4) is 0 Å². The van der Waals surface area contributed by atoms with Gasteiger partial charge in [0.05, 0.1) is 17.7 Å². The second-order valence-electron chi connectivity index (χ2n) is 6.25. The number of rotatable bonds is 4. The smallest absolute Gasteiger partial charge is 0.120 e. The van der Waals surface area contributed by atoms with E-state index in [2.05, 4.69) is 18.3 Å². The normalized spacial score (nSPS) is 27.2. The van der Waals surface area contributed by atoms with Crippen molar-refractivity contribution in [3.05, 3.63) is 23.7 Å². The number of nitrogens with one attached hydrogen (secondary N) is 1. The van der Waals surface area contributed by atoms with Crippen molar-refractivity contribution in [3.63, 3.8) is 0 Å². The molecule has 2 atom stereocenters. The Balaban J connectivity index is 1.48. The van der Waals surface area contributed by atoms with Gasteiger partial charge in [0.25, 0.3) is 0 Å². The second kappa shape index (κ2) is 5.29. The van der Waals surface area contributed by atoms with Gasteiger partial charge in [-0.05, 0) is 51.7 Å². The molecule has 0 radical (unpaired) electrons. The number of hydrogen-bond acceptors (Lipinski definition) is 3. The van der Waals surface area contributed by atoms with E-state index in [1.54, 1.807) is 0 Å².